The van der Waals surface area contributed by atoms with E-state index in [4.69, 9.17) is 13.9 Å². The zero-order valence-corrected chi connectivity index (χ0v) is 12.2. The van der Waals surface area contributed by atoms with Gasteiger partial charge in [0.2, 0.25) is 0 Å². The van der Waals surface area contributed by atoms with Gasteiger partial charge in [0.1, 0.15) is 17.3 Å². The van der Waals surface area contributed by atoms with Crippen molar-refractivity contribution in [3.63, 3.8) is 0 Å². The lowest BCUT2D eigenvalue weighted by atomic mass is 10.2. The molecule has 0 bridgehead atoms. The van der Waals surface area contributed by atoms with Crippen molar-refractivity contribution in [3.05, 3.63) is 47.9 Å². The highest BCUT2D eigenvalue weighted by Crippen LogP contribution is 2.16. The van der Waals surface area contributed by atoms with E-state index in [9.17, 15) is 9.59 Å². The predicted molar refractivity (Wildman–Crippen MR) is 77.5 cm³/mol. The highest BCUT2D eigenvalue weighted by Gasteiger charge is 2.12. The Morgan fingerprint density at radius 1 is 1.09 bits per heavy atom. The molecule has 0 radical (unpaired) electrons. The average molecular weight is 304 g/mol. The minimum Gasteiger partial charge on any atom is -0.497 e. The summed E-state index contributed by atoms with van der Waals surface area (Å²) < 4.78 is 15.3. The van der Waals surface area contributed by atoms with Crippen molar-refractivity contribution in [2.75, 3.05) is 13.7 Å². The second kappa shape index (κ2) is 7.16. The highest BCUT2D eigenvalue weighted by molar-refractivity contribution is 5.96. The first kappa shape index (κ1) is 15.4. The molecule has 0 saturated carbocycles. The summed E-state index contributed by atoms with van der Waals surface area (Å²) in [6.07, 6.45) is 1.40. The van der Waals surface area contributed by atoms with Crippen molar-refractivity contribution in [1.82, 2.24) is 10.9 Å². The number of ether oxygens (including phenoxy) is 2. The van der Waals surface area contributed by atoms with Crippen LogP contribution in [0.4, 0.5) is 0 Å². The number of hydrazine groups is 1. The summed E-state index contributed by atoms with van der Waals surface area (Å²) in [5.41, 5.74) is 4.90. The summed E-state index contributed by atoms with van der Waals surface area (Å²) in [4.78, 5) is 23.3. The summed E-state index contributed by atoms with van der Waals surface area (Å²) in [7, 11) is 1.56. The van der Waals surface area contributed by atoms with Gasteiger partial charge in [-0.2, -0.15) is 0 Å². The molecule has 7 heteroatoms. The smallest absolute Gasteiger partial charge is 0.276 e. The molecule has 2 amide bonds. The Balaban J connectivity index is 1.76. The summed E-state index contributed by atoms with van der Waals surface area (Å²) in [6.45, 7) is 1.43. The number of furan rings is 1. The molecular formula is C15H16N2O5. The van der Waals surface area contributed by atoms with Crippen LogP contribution in [0.3, 0.4) is 0 Å². The minimum atomic E-state index is -0.481. The summed E-state index contributed by atoms with van der Waals surface area (Å²) in [5.74, 6) is 0.753. The molecule has 2 rings (SSSR count). The van der Waals surface area contributed by atoms with E-state index in [0.29, 0.717) is 22.8 Å². The minimum absolute atomic E-state index is 0.225. The highest BCUT2D eigenvalue weighted by atomic mass is 16.5. The Labute approximate surface area is 127 Å². The number of amides is 2. The summed E-state index contributed by atoms with van der Waals surface area (Å²) in [5, 5.41) is 0. The third kappa shape index (κ3) is 4.02. The van der Waals surface area contributed by atoms with Gasteiger partial charge in [0.25, 0.3) is 11.8 Å². The topological polar surface area (TPSA) is 89.8 Å². The fourth-order valence-corrected chi connectivity index (χ4v) is 1.67. The fraction of sp³-hybridized carbons (Fsp3) is 0.200. The van der Waals surface area contributed by atoms with Crippen LogP contribution in [0.25, 0.3) is 0 Å². The van der Waals surface area contributed by atoms with Gasteiger partial charge in [-0.3, -0.25) is 20.4 Å². The maximum Gasteiger partial charge on any atom is 0.276 e. The van der Waals surface area contributed by atoms with E-state index in [1.807, 2.05) is 0 Å². The Hall–Kier alpha value is -2.96. The molecule has 0 aliphatic heterocycles. The van der Waals surface area contributed by atoms with E-state index in [1.165, 1.54) is 12.3 Å². The Kier molecular flexibility index (Phi) is 5.02. The number of carbonyl (C=O) groups is 2. The lowest BCUT2D eigenvalue weighted by Gasteiger charge is -2.09. The van der Waals surface area contributed by atoms with Crippen LogP contribution in [0.1, 0.15) is 16.1 Å². The fourth-order valence-electron chi connectivity index (χ4n) is 1.67. The number of methoxy groups -OCH3 is 1. The van der Waals surface area contributed by atoms with Gasteiger partial charge in [-0.15, -0.1) is 0 Å². The Morgan fingerprint density at radius 2 is 1.77 bits per heavy atom. The molecule has 0 unspecified atom stereocenters. The number of rotatable bonds is 5. The molecule has 116 valence electrons. The molecule has 7 nitrogen and oxygen atoms in total. The van der Waals surface area contributed by atoms with Gasteiger partial charge in [0.05, 0.1) is 18.9 Å². The third-order valence-corrected chi connectivity index (χ3v) is 2.85. The van der Waals surface area contributed by atoms with Gasteiger partial charge in [0, 0.05) is 0 Å². The van der Waals surface area contributed by atoms with Crippen molar-refractivity contribution < 1.29 is 23.5 Å². The van der Waals surface area contributed by atoms with Crippen molar-refractivity contribution in [2.24, 2.45) is 0 Å². The predicted octanol–water partition coefficient (Wildman–Crippen LogP) is 1.44. The first-order valence-electron chi connectivity index (χ1n) is 6.50. The molecule has 1 aromatic carbocycles. The zero-order chi connectivity index (χ0) is 15.9. The monoisotopic (exact) mass is 304 g/mol. The molecule has 0 aliphatic carbocycles. The van der Waals surface area contributed by atoms with Crippen LogP contribution in [-0.2, 0) is 4.79 Å². The van der Waals surface area contributed by atoms with E-state index in [2.05, 4.69) is 10.9 Å². The van der Waals surface area contributed by atoms with Gasteiger partial charge >= 0.3 is 0 Å². The standard InChI is InChI=1S/C15H16N2O5/c1-10-13(7-8-21-10)15(19)17-16-14(18)9-22-12-5-3-11(20-2)4-6-12/h3-8H,9H2,1-2H3,(H,16,18)(H,17,19). The second-order valence-corrected chi connectivity index (χ2v) is 4.36. The van der Waals surface area contributed by atoms with Crippen molar-refractivity contribution in [3.8, 4) is 11.5 Å². The molecule has 2 N–H and O–H groups in total. The molecule has 2 aromatic rings. The normalized spacial score (nSPS) is 9.91. The molecular weight excluding hydrogens is 288 g/mol. The van der Waals surface area contributed by atoms with Gasteiger partial charge in [-0.1, -0.05) is 0 Å². The maximum atomic E-state index is 11.7. The van der Waals surface area contributed by atoms with Crippen LogP contribution in [-0.4, -0.2) is 25.5 Å². The molecule has 22 heavy (non-hydrogen) atoms. The number of hydrogen-bond donors (Lipinski definition) is 2. The Morgan fingerprint density at radius 3 is 2.36 bits per heavy atom. The lowest BCUT2D eigenvalue weighted by molar-refractivity contribution is -0.123. The molecule has 0 atom stereocenters. The van der Waals surface area contributed by atoms with Crippen LogP contribution < -0.4 is 20.3 Å². The second-order valence-electron chi connectivity index (χ2n) is 4.36. The third-order valence-electron chi connectivity index (χ3n) is 2.85. The average Bonchev–Trinajstić information content (AvgIpc) is 2.97. The van der Waals surface area contributed by atoms with E-state index >= 15 is 0 Å². The SMILES string of the molecule is COc1ccc(OCC(=O)NNC(=O)c2ccoc2C)cc1. The van der Waals surface area contributed by atoms with Crippen LogP contribution in [0, 0.1) is 6.92 Å². The maximum absolute atomic E-state index is 11.7. The van der Waals surface area contributed by atoms with Gasteiger partial charge < -0.3 is 13.9 Å². The number of nitrogens with one attached hydrogen (secondary N) is 2. The molecule has 1 aromatic heterocycles. The molecule has 0 fully saturated rings. The largest absolute Gasteiger partial charge is 0.497 e. The van der Waals surface area contributed by atoms with E-state index in [1.54, 1.807) is 38.3 Å². The van der Waals surface area contributed by atoms with Gasteiger partial charge in [-0.25, -0.2) is 0 Å². The van der Waals surface area contributed by atoms with Crippen LogP contribution in [0.5, 0.6) is 11.5 Å². The Bertz CT molecular complexity index is 648. The van der Waals surface area contributed by atoms with Crippen molar-refractivity contribution in [2.45, 2.75) is 6.92 Å². The van der Waals surface area contributed by atoms with Crippen LogP contribution in [0.2, 0.25) is 0 Å². The first-order valence-corrected chi connectivity index (χ1v) is 6.50. The molecule has 1 heterocycles. The van der Waals surface area contributed by atoms with Crippen LogP contribution >= 0.6 is 0 Å². The van der Waals surface area contributed by atoms with E-state index in [0.717, 1.165) is 0 Å². The number of carbonyl (C=O) groups excluding carboxylic acids is 2. The number of aryl methyl sites for hydroxylation is 1. The number of hydrogen-bond acceptors (Lipinski definition) is 5. The lowest BCUT2D eigenvalue weighted by Crippen LogP contribution is -2.43. The molecule has 0 spiro atoms. The molecule has 0 saturated heterocycles. The van der Waals surface area contributed by atoms with Crippen molar-refractivity contribution in [1.29, 1.82) is 0 Å². The van der Waals surface area contributed by atoms with Crippen LogP contribution in [0.15, 0.2) is 41.0 Å². The van der Waals surface area contributed by atoms with Crippen molar-refractivity contribution >= 4 is 11.8 Å². The zero-order valence-electron chi connectivity index (χ0n) is 12.2. The van der Waals surface area contributed by atoms with E-state index < -0.39 is 11.8 Å². The summed E-state index contributed by atoms with van der Waals surface area (Å²) >= 11 is 0. The molecule has 0 aliphatic rings. The number of benzene rings is 1. The quantitative estimate of drug-likeness (QED) is 0.816. The first-order chi connectivity index (χ1) is 10.6. The summed E-state index contributed by atoms with van der Waals surface area (Å²) in [6, 6.07) is 8.32. The van der Waals surface area contributed by atoms with E-state index in [-0.39, 0.29) is 6.61 Å². The van der Waals surface area contributed by atoms with Gasteiger partial charge in [0.15, 0.2) is 6.61 Å². The van der Waals surface area contributed by atoms with Gasteiger partial charge in [-0.05, 0) is 37.3 Å².